The van der Waals surface area contributed by atoms with Gasteiger partial charge in [-0.1, -0.05) is 12.1 Å². The number of aliphatic carboxylic acids is 1. The fourth-order valence-corrected chi connectivity index (χ4v) is 5.11. The van der Waals surface area contributed by atoms with Crippen LogP contribution in [0.4, 0.5) is 43.4 Å². The summed E-state index contributed by atoms with van der Waals surface area (Å²) in [4.78, 5) is 21.1. The molecule has 1 saturated heterocycles. The third-order valence-corrected chi connectivity index (χ3v) is 7.07. The van der Waals surface area contributed by atoms with Crippen molar-refractivity contribution in [2.75, 3.05) is 43.1 Å². The number of hydrogen-bond donors (Lipinski definition) is 0. The summed E-state index contributed by atoms with van der Waals surface area (Å²) in [7, 11) is 1.26. The van der Waals surface area contributed by atoms with E-state index in [0.29, 0.717) is 5.69 Å². The molecule has 1 unspecified atom stereocenters. The second-order valence-electron chi connectivity index (χ2n) is 9.51. The van der Waals surface area contributed by atoms with E-state index in [1.807, 2.05) is 0 Å². The van der Waals surface area contributed by atoms with Gasteiger partial charge in [0.2, 0.25) is 5.96 Å². The van der Waals surface area contributed by atoms with Crippen LogP contribution in [0, 0.1) is 17.5 Å². The number of carboxylic acid groups (broad SMARTS) is 1. The molecule has 2 aliphatic heterocycles. The van der Waals surface area contributed by atoms with Gasteiger partial charge in [0.15, 0.2) is 11.6 Å². The van der Waals surface area contributed by atoms with E-state index in [1.165, 1.54) is 30.2 Å². The summed E-state index contributed by atoms with van der Waals surface area (Å²) in [6, 6.07) is 9.06. The number of para-hydroxylation sites is 1. The smallest absolute Gasteiger partial charge is 0.416 e. The molecule has 0 saturated carbocycles. The number of piperazine rings is 1. The monoisotopic (exact) mass is 577 g/mol. The first-order chi connectivity index (χ1) is 19.5. The lowest BCUT2D eigenvalue weighted by Gasteiger charge is -2.45. The number of benzene rings is 3. The first kappa shape index (κ1) is 28.1. The Morgan fingerprint density at radius 2 is 1.66 bits per heavy atom. The average Bonchev–Trinajstić information content (AvgIpc) is 2.94. The van der Waals surface area contributed by atoms with E-state index in [2.05, 4.69) is 4.99 Å². The largest absolute Gasteiger partial charge is 0.550 e. The highest BCUT2D eigenvalue weighted by Crippen LogP contribution is 2.46. The topological polar surface area (TPSA) is 71.4 Å². The zero-order chi connectivity index (χ0) is 29.5. The van der Waals surface area contributed by atoms with Crippen molar-refractivity contribution >= 4 is 29.0 Å². The molecule has 41 heavy (non-hydrogen) atoms. The molecule has 2 heterocycles. The molecule has 0 aliphatic carbocycles. The van der Waals surface area contributed by atoms with Crippen molar-refractivity contribution < 1.29 is 41.0 Å². The molecule has 1 fully saturated rings. The number of anilines is 2. The molecule has 0 spiro atoms. The molecular weight excluding hydrogens is 554 g/mol. The Morgan fingerprint density at radius 3 is 2.29 bits per heavy atom. The summed E-state index contributed by atoms with van der Waals surface area (Å²) in [6.45, 7) is 0.925. The molecule has 0 bridgehead atoms. The number of carboxylic acids is 1. The Labute approximate surface area is 230 Å². The van der Waals surface area contributed by atoms with Crippen LogP contribution in [-0.2, 0) is 11.0 Å². The molecule has 0 amide bonds. The van der Waals surface area contributed by atoms with E-state index in [4.69, 9.17) is 4.74 Å². The lowest BCUT2D eigenvalue weighted by molar-refractivity contribution is -0.306. The minimum Gasteiger partial charge on any atom is -0.550 e. The molecule has 3 aromatic rings. The molecule has 0 radical (unpaired) electrons. The summed E-state index contributed by atoms with van der Waals surface area (Å²) in [5.41, 5.74) is -0.688. The number of ether oxygens (including phenoxy) is 1. The van der Waals surface area contributed by atoms with Crippen LogP contribution < -0.4 is 19.6 Å². The SMILES string of the molecule is COc1ccc(C(F)(F)F)cc1N1C(N2CCN(c3ccc(F)c(F)c3)CC2)=Nc2c(F)cccc2C1CC(=O)[O-]. The summed E-state index contributed by atoms with van der Waals surface area (Å²) >= 11 is 0. The standard InChI is InChI=1S/C28H24F6N4O3/c1-41-24-8-5-16(28(32,33)34)13-23(24)38-22(15-25(39)40)18-3-2-4-20(30)26(18)35-27(38)37-11-9-36(10-12-37)17-6-7-19(29)21(31)14-17/h2-8,13-14,22H,9-12,15H2,1H3,(H,39,40)/p-1. The second-order valence-corrected chi connectivity index (χ2v) is 9.51. The van der Waals surface area contributed by atoms with Gasteiger partial charge in [0, 0.05) is 55.9 Å². The van der Waals surface area contributed by atoms with Crippen LogP contribution in [0.15, 0.2) is 59.6 Å². The maximum absolute atomic E-state index is 15.0. The van der Waals surface area contributed by atoms with Gasteiger partial charge < -0.3 is 29.3 Å². The fourth-order valence-electron chi connectivity index (χ4n) is 5.11. The first-order valence-electron chi connectivity index (χ1n) is 12.5. The molecule has 2 aliphatic rings. The fraction of sp³-hybridized carbons (Fsp3) is 0.286. The third kappa shape index (κ3) is 5.48. The summed E-state index contributed by atoms with van der Waals surface area (Å²) in [5.74, 6) is -4.23. The van der Waals surface area contributed by atoms with Gasteiger partial charge >= 0.3 is 6.18 Å². The second kappa shape index (κ2) is 10.9. The van der Waals surface area contributed by atoms with Gasteiger partial charge in [-0.25, -0.2) is 18.2 Å². The number of nitrogens with zero attached hydrogens (tertiary/aromatic N) is 4. The predicted molar refractivity (Wildman–Crippen MR) is 136 cm³/mol. The number of alkyl halides is 3. The van der Waals surface area contributed by atoms with E-state index in [1.54, 1.807) is 9.80 Å². The number of rotatable bonds is 5. The van der Waals surface area contributed by atoms with Crippen LogP contribution in [0.5, 0.6) is 5.75 Å². The van der Waals surface area contributed by atoms with E-state index >= 15 is 4.39 Å². The van der Waals surface area contributed by atoms with Gasteiger partial charge in [-0.3, -0.25) is 0 Å². The van der Waals surface area contributed by atoms with Gasteiger partial charge in [0.25, 0.3) is 0 Å². The minimum atomic E-state index is -4.72. The van der Waals surface area contributed by atoms with Crippen LogP contribution in [0.25, 0.3) is 0 Å². The van der Waals surface area contributed by atoms with E-state index in [9.17, 15) is 31.9 Å². The van der Waals surface area contributed by atoms with Gasteiger partial charge in [0.1, 0.15) is 17.3 Å². The first-order valence-corrected chi connectivity index (χ1v) is 12.5. The van der Waals surface area contributed by atoms with Crippen LogP contribution in [0.2, 0.25) is 0 Å². The number of fused-ring (bicyclic) bond motifs is 1. The molecule has 0 N–H and O–H groups in total. The Hall–Kier alpha value is -4.42. The van der Waals surface area contributed by atoms with Crippen molar-refractivity contribution in [2.24, 2.45) is 4.99 Å². The zero-order valence-corrected chi connectivity index (χ0v) is 21.6. The van der Waals surface area contributed by atoms with Gasteiger partial charge in [0.05, 0.1) is 24.4 Å². The molecule has 216 valence electrons. The zero-order valence-electron chi connectivity index (χ0n) is 21.6. The summed E-state index contributed by atoms with van der Waals surface area (Å²) in [6.07, 6.45) is -5.41. The van der Waals surface area contributed by atoms with Crippen molar-refractivity contribution in [1.82, 2.24) is 4.90 Å². The van der Waals surface area contributed by atoms with Crippen molar-refractivity contribution in [3.05, 3.63) is 83.2 Å². The van der Waals surface area contributed by atoms with Crippen LogP contribution in [0.1, 0.15) is 23.6 Å². The Balaban J connectivity index is 1.61. The van der Waals surface area contributed by atoms with E-state index in [-0.39, 0.29) is 54.8 Å². The van der Waals surface area contributed by atoms with Gasteiger partial charge in [-0.2, -0.15) is 13.2 Å². The minimum absolute atomic E-state index is 0.00863. The maximum Gasteiger partial charge on any atom is 0.416 e. The number of methoxy groups -OCH3 is 1. The lowest BCUT2D eigenvalue weighted by atomic mass is 9.96. The van der Waals surface area contributed by atoms with Crippen LogP contribution >= 0.6 is 0 Å². The van der Waals surface area contributed by atoms with Crippen LogP contribution in [-0.4, -0.2) is 50.1 Å². The summed E-state index contributed by atoms with van der Waals surface area (Å²) < 4.78 is 89.0. The Kier molecular flexibility index (Phi) is 7.45. The van der Waals surface area contributed by atoms with Crippen molar-refractivity contribution in [3.8, 4) is 5.75 Å². The van der Waals surface area contributed by atoms with Gasteiger partial charge in [-0.05, 0) is 36.4 Å². The van der Waals surface area contributed by atoms with E-state index < -0.39 is 47.6 Å². The highest BCUT2D eigenvalue weighted by Gasteiger charge is 2.39. The van der Waals surface area contributed by atoms with E-state index in [0.717, 1.165) is 36.4 Å². The molecule has 13 heteroatoms. The Bertz CT molecular complexity index is 1500. The average molecular weight is 578 g/mol. The molecule has 3 aromatic carbocycles. The summed E-state index contributed by atoms with van der Waals surface area (Å²) in [5, 5.41) is 11.9. The molecular formula is C28H23F6N4O3-. The predicted octanol–water partition coefficient (Wildman–Crippen LogP) is 4.64. The number of hydrogen-bond acceptors (Lipinski definition) is 7. The highest BCUT2D eigenvalue weighted by atomic mass is 19.4. The Morgan fingerprint density at radius 1 is 0.951 bits per heavy atom. The van der Waals surface area contributed by atoms with Crippen molar-refractivity contribution in [1.29, 1.82) is 0 Å². The number of carbonyl (C=O) groups excluding carboxylic acids is 1. The van der Waals surface area contributed by atoms with Crippen molar-refractivity contribution in [3.63, 3.8) is 0 Å². The maximum atomic E-state index is 15.0. The molecule has 5 rings (SSSR count). The number of guanidine groups is 1. The third-order valence-electron chi connectivity index (χ3n) is 7.07. The normalized spacial score (nSPS) is 17.3. The molecule has 0 aromatic heterocycles. The van der Waals surface area contributed by atoms with Gasteiger partial charge in [-0.15, -0.1) is 0 Å². The van der Waals surface area contributed by atoms with Crippen LogP contribution in [0.3, 0.4) is 0 Å². The van der Waals surface area contributed by atoms with Crippen molar-refractivity contribution in [2.45, 2.75) is 18.6 Å². The lowest BCUT2D eigenvalue weighted by Crippen LogP contribution is -2.55. The number of halogens is 6. The number of aliphatic imine (C=N–C) groups is 1. The highest BCUT2D eigenvalue weighted by molar-refractivity contribution is 6.02. The quantitative estimate of drug-likeness (QED) is 0.412. The molecule has 1 atom stereocenters. The number of carbonyl (C=O) groups is 1. The molecule has 7 nitrogen and oxygen atoms in total.